The van der Waals surface area contributed by atoms with Gasteiger partial charge in [-0.3, -0.25) is 9.78 Å². The summed E-state index contributed by atoms with van der Waals surface area (Å²) in [4.78, 5) is 30.0. The topological polar surface area (TPSA) is 97.6 Å². The third-order valence-corrected chi connectivity index (χ3v) is 3.89. The molecule has 2 amide bonds. The van der Waals surface area contributed by atoms with Gasteiger partial charge in [0.2, 0.25) is 5.76 Å². The Morgan fingerprint density at radius 3 is 2.73 bits per heavy atom. The van der Waals surface area contributed by atoms with E-state index in [0.717, 1.165) is 5.56 Å². The predicted octanol–water partition coefficient (Wildman–Crippen LogP) is 2.48. The van der Waals surface area contributed by atoms with Gasteiger partial charge in [0, 0.05) is 43.2 Å². The highest BCUT2D eigenvalue weighted by Crippen LogP contribution is 2.19. The van der Waals surface area contributed by atoms with Crippen molar-refractivity contribution in [3.63, 3.8) is 0 Å². The number of nitrogens with one attached hydrogen (secondary N) is 1. The Bertz CT molecular complexity index is 782. The smallest absolute Gasteiger partial charge is 0.410 e. The highest BCUT2D eigenvalue weighted by Gasteiger charge is 2.31. The molecule has 0 aliphatic carbocycles. The Kier molecular flexibility index (Phi) is 4.92. The molecule has 8 nitrogen and oxygen atoms in total. The minimum Gasteiger partial charge on any atom is -0.444 e. The Morgan fingerprint density at radius 2 is 2.04 bits per heavy atom. The van der Waals surface area contributed by atoms with E-state index in [1.165, 1.54) is 0 Å². The SMILES string of the molecule is CC(C)(C)OC(=O)N1CCC(NC(=O)c2cc(-c3ccncc3)no2)C1. The van der Waals surface area contributed by atoms with Crippen molar-refractivity contribution in [2.45, 2.75) is 38.8 Å². The van der Waals surface area contributed by atoms with E-state index >= 15 is 0 Å². The molecule has 26 heavy (non-hydrogen) atoms. The molecule has 3 heterocycles. The van der Waals surface area contributed by atoms with Crippen LogP contribution in [0.3, 0.4) is 0 Å². The summed E-state index contributed by atoms with van der Waals surface area (Å²) < 4.78 is 10.5. The highest BCUT2D eigenvalue weighted by molar-refractivity contribution is 5.92. The maximum absolute atomic E-state index is 12.4. The minimum atomic E-state index is -0.540. The van der Waals surface area contributed by atoms with Crippen molar-refractivity contribution in [3.05, 3.63) is 36.4 Å². The second-order valence-electron chi connectivity index (χ2n) is 7.20. The first-order valence-corrected chi connectivity index (χ1v) is 8.48. The molecule has 2 aromatic heterocycles. The zero-order valence-electron chi connectivity index (χ0n) is 15.1. The third-order valence-electron chi connectivity index (χ3n) is 3.89. The molecule has 0 aromatic carbocycles. The summed E-state index contributed by atoms with van der Waals surface area (Å²) in [6, 6.07) is 5.01. The summed E-state index contributed by atoms with van der Waals surface area (Å²) in [5, 5.41) is 6.79. The van der Waals surface area contributed by atoms with E-state index in [0.29, 0.717) is 25.2 Å². The number of rotatable bonds is 3. The maximum atomic E-state index is 12.4. The molecule has 1 atom stereocenters. The number of hydrogen-bond donors (Lipinski definition) is 1. The van der Waals surface area contributed by atoms with E-state index in [1.807, 2.05) is 20.8 Å². The fourth-order valence-corrected chi connectivity index (χ4v) is 2.67. The van der Waals surface area contributed by atoms with Crippen molar-refractivity contribution in [1.29, 1.82) is 0 Å². The van der Waals surface area contributed by atoms with E-state index in [2.05, 4.69) is 15.5 Å². The summed E-state index contributed by atoms with van der Waals surface area (Å²) in [7, 11) is 0. The van der Waals surface area contributed by atoms with Crippen molar-refractivity contribution in [3.8, 4) is 11.3 Å². The van der Waals surface area contributed by atoms with Gasteiger partial charge in [0.1, 0.15) is 11.3 Å². The predicted molar refractivity (Wildman–Crippen MR) is 93.4 cm³/mol. The molecule has 2 aromatic rings. The summed E-state index contributed by atoms with van der Waals surface area (Å²) in [5.74, 6) is -0.221. The van der Waals surface area contributed by atoms with Crippen LogP contribution < -0.4 is 5.32 Å². The Labute approximate surface area is 151 Å². The maximum Gasteiger partial charge on any atom is 0.410 e. The van der Waals surface area contributed by atoms with Crippen LogP contribution in [0.2, 0.25) is 0 Å². The zero-order chi connectivity index (χ0) is 18.7. The summed E-state index contributed by atoms with van der Waals surface area (Å²) in [6.45, 7) is 6.42. The number of likely N-dealkylation sites (tertiary alicyclic amines) is 1. The number of pyridine rings is 1. The molecule has 0 bridgehead atoms. The van der Waals surface area contributed by atoms with Crippen LogP contribution in [0.1, 0.15) is 37.7 Å². The molecule has 1 saturated heterocycles. The average Bonchev–Trinajstić information content (AvgIpc) is 3.23. The molecule has 138 valence electrons. The first-order valence-electron chi connectivity index (χ1n) is 8.48. The van der Waals surface area contributed by atoms with Crippen molar-refractivity contribution in [1.82, 2.24) is 20.4 Å². The van der Waals surface area contributed by atoms with Gasteiger partial charge < -0.3 is 19.5 Å². The monoisotopic (exact) mass is 358 g/mol. The molecule has 1 aliphatic heterocycles. The van der Waals surface area contributed by atoms with Gasteiger partial charge >= 0.3 is 6.09 Å². The van der Waals surface area contributed by atoms with Crippen molar-refractivity contribution < 1.29 is 18.8 Å². The van der Waals surface area contributed by atoms with Crippen molar-refractivity contribution in [2.24, 2.45) is 0 Å². The Hall–Kier alpha value is -2.90. The van der Waals surface area contributed by atoms with E-state index in [9.17, 15) is 9.59 Å². The first kappa shape index (κ1) is 17.9. The number of amides is 2. The lowest BCUT2D eigenvalue weighted by molar-refractivity contribution is 0.0290. The molecule has 1 fully saturated rings. The van der Waals surface area contributed by atoms with Gasteiger partial charge in [-0.05, 0) is 39.3 Å². The fraction of sp³-hybridized carbons (Fsp3) is 0.444. The van der Waals surface area contributed by atoms with E-state index in [1.54, 1.807) is 35.5 Å². The van der Waals surface area contributed by atoms with Gasteiger partial charge in [-0.1, -0.05) is 5.16 Å². The van der Waals surface area contributed by atoms with Crippen LogP contribution in [0.15, 0.2) is 35.1 Å². The van der Waals surface area contributed by atoms with E-state index in [-0.39, 0.29) is 23.8 Å². The molecule has 8 heteroatoms. The molecular weight excluding hydrogens is 336 g/mol. The fourth-order valence-electron chi connectivity index (χ4n) is 2.67. The lowest BCUT2D eigenvalue weighted by atomic mass is 10.2. The van der Waals surface area contributed by atoms with Crippen LogP contribution >= 0.6 is 0 Å². The van der Waals surface area contributed by atoms with Crippen molar-refractivity contribution in [2.75, 3.05) is 13.1 Å². The van der Waals surface area contributed by atoms with E-state index < -0.39 is 5.60 Å². The Morgan fingerprint density at radius 1 is 1.31 bits per heavy atom. The largest absolute Gasteiger partial charge is 0.444 e. The molecule has 1 N–H and O–H groups in total. The standard InChI is InChI=1S/C18H22N4O4/c1-18(2,3)25-17(24)22-9-6-13(11-22)20-16(23)15-10-14(21-26-15)12-4-7-19-8-5-12/h4-5,7-8,10,13H,6,9,11H2,1-3H3,(H,20,23). The van der Waals surface area contributed by atoms with Gasteiger partial charge in [0.25, 0.3) is 5.91 Å². The second-order valence-corrected chi connectivity index (χ2v) is 7.20. The lowest BCUT2D eigenvalue weighted by Crippen LogP contribution is -2.40. The number of carbonyl (C=O) groups excluding carboxylic acids is 2. The lowest BCUT2D eigenvalue weighted by Gasteiger charge is -2.24. The second kappa shape index (κ2) is 7.15. The van der Waals surface area contributed by atoms with Gasteiger partial charge in [0.05, 0.1) is 0 Å². The normalized spacial score (nSPS) is 17.2. The molecule has 1 aliphatic rings. The van der Waals surface area contributed by atoms with Gasteiger partial charge in [-0.15, -0.1) is 0 Å². The molecule has 0 spiro atoms. The number of carbonyl (C=O) groups is 2. The van der Waals surface area contributed by atoms with Gasteiger partial charge in [0.15, 0.2) is 0 Å². The Balaban J connectivity index is 1.56. The summed E-state index contributed by atoms with van der Waals surface area (Å²) >= 11 is 0. The molecule has 0 radical (unpaired) electrons. The van der Waals surface area contributed by atoms with Gasteiger partial charge in [-0.25, -0.2) is 4.79 Å². The average molecular weight is 358 g/mol. The quantitative estimate of drug-likeness (QED) is 0.905. The number of nitrogens with zero attached hydrogens (tertiary/aromatic N) is 3. The van der Waals surface area contributed by atoms with Crippen molar-refractivity contribution >= 4 is 12.0 Å². The van der Waals surface area contributed by atoms with Crippen LogP contribution in [0.5, 0.6) is 0 Å². The van der Waals surface area contributed by atoms with Crippen LogP contribution in [0, 0.1) is 0 Å². The summed E-state index contributed by atoms with van der Waals surface area (Å²) in [6.07, 6.45) is 3.59. The first-order chi connectivity index (χ1) is 12.3. The van der Waals surface area contributed by atoms with Gasteiger partial charge in [-0.2, -0.15) is 0 Å². The molecule has 0 saturated carbocycles. The van der Waals surface area contributed by atoms with Crippen LogP contribution in [0.25, 0.3) is 11.3 Å². The summed E-state index contributed by atoms with van der Waals surface area (Å²) in [5.41, 5.74) is 0.848. The van der Waals surface area contributed by atoms with E-state index in [4.69, 9.17) is 9.26 Å². The number of aromatic nitrogens is 2. The zero-order valence-corrected chi connectivity index (χ0v) is 15.1. The number of ether oxygens (including phenoxy) is 1. The third kappa shape index (κ3) is 4.38. The van der Waals surface area contributed by atoms with Crippen LogP contribution in [-0.2, 0) is 4.74 Å². The minimum absolute atomic E-state index is 0.132. The van der Waals surface area contributed by atoms with Crippen LogP contribution in [-0.4, -0.2) is 51.8 Å². The molecule has 1 unspecified atom stereocenters. The highest BCUT2D eigenvalue weighted by atomic mass is 16.6. The van der Waals surface area contributed by atoms with Crippen LogP contribution in [0.4, 0.5) is 4.79 Å². The number of hydrogen-bond acceptors (Lipinski definition) is 6. The molecule has 3 rings (SSSR count). The molecular formula is C18H22N4O4.